The number of esters is 1. The summed E-state index contributed by atoms with van der Waals surface area (Å²) in [6, 6.07) is 4.08. The topological polar surface area (TPSA) is 50.4 Å². The number of aryl methyl sites for hydroxylation is 2. The van der Waals surface area contributed by atoms with E-state index in [1.807, 2.05) is 26.0 Å². The minimum atomic E-state index is -0.297. The van der Waals surface area contributed by atoms with Crippen LogP contribution < -0.4 is 10.6 Å². The summed E-state index contributed by atoms with van der Waals surface area (Å²) in [4.78, 5) is 11.9. The molecular weight excluding hydrogens is 260 g/mol. The van der Waals surface area contributed by atoms with Crippen LogP contribution in [0.3, 0.4) is 0 Å². The fourth-order valence-electron chi connectivity index (χ4n) is 1.88. The maximum Gasteiger partial charge on any atom is 0.311 e. The Hall–Kier alpha value is -1.88. The molecule has 0 bridgehead atoms. The van der Waals surface area contributed by atoms with Gasteiger partial charge in [0.15, 0.2) is 0 Å². The van der Waals surface area contributed by atoms with Gasteiger partial charge in [-0.3, -0.25) is 4.79 Å². The highest BCUT2D eigenvalue weighted by molar-refractivity contribution is 7.81. The van der Waals surface area contributed by atoms with Crippen molar-refractivity contribution in [2.24, 2.45) is 0 Å². The van der Waals surface area contributed by atoms with Gasteiger partial charge in [0.2, 0.25) is 0 Å². The molecule has 100 valence electrons. The molecule has 0 aromatic heterocycles. The first-order valence-electron chi connectivity index (χ1n) is 5.96. The monoisotopic (exact) mass is 276 g/mol. The lowest BCUT2D eigenvalue weighted by molar-refractivity contribution is -0.139. The lowest BCUT2D eigenvalue weighted by atomic mass is 10.1. The molecule has 1 heterocycles. The molecule has 0 amide bonds. The summed E-state index contributed by atoms with van der Waals surface area (Å²) in [6.45, 7) is 4.10. The first-order chi connectivity index (χ1) is 8.99. The summed E-state index contributed by atoms with van der Waals surface area (Å²) in [5, 5.41) is 6.39. The molecule has 1 aliphatic rings. The number of nitrogens with one attached hydrogen (secondary N) is 2. The van der Waals surface area contributed by atoms with Crippen molar-refractivity contribution in [1.82, 2.24) is 0 Å². The number of anilines is 2. The second-order valence-electron chi connectivity index (χ2n) is 4.52. The van der Waals surface area contributed by atoms with Crippen LogP contribution in [0.15, 0.2) is 23.9 Å². The number of benzene rings is 1. The molecule has 1 aromatic carbocycles. The first-order valence-corrected chi connectivity index (χ1v) is 6.37. The molecular formula is C14H16N2O2S. The summed E-state index contributed by atoms with van der Waals surface area (Å²) in [5.41, 5.74) is 4.93. The standard InChI is InChI=1S/C14H16N2O2S/c1-8-4-11-12(5-9(8)2)16-13(19)6-10(15-11)7-14(17)18-3/h4-6,15H,7H2,1-3H3,(H,16,19). The highest BCUT2D eigenvalue weighted by Crippen LogP contribution is 2.29. The Balaban J connectivity index is 2.34. The van der Waals surface area contributed by atoms with Crippen LogP contribution in [0.1, 0.15) is 17.5 Å². The zero-order valence-corrected chi connectivity index (χ0v) is 12.0. The van der Waals surface area contributed by atoms with Crippen molar-refractivity contribution < 1.29 is 9.53 Å². The van der Waals surface area contributed by atoms with Gasteiger partial charge >= 0.3 is 5.97 Å². The number of carbonyl (C=O) groups excluding carboxylic acids is 1. The molecule has 0 saturated heterocycles. The van der Waals surface area contributed by atoms with Crippen LogP contribution in [0, 0.1) is 13.8 Å². The summed E-state index contributed by atoms with van der Waals surface area (Å²) >= 11 is 5.23. The number of fused-ring (bicyclic) bond motifs is 1. The molecule has 0 atom stereocenters. The van der Waals surface area contributed by atoms with Crippen molar-refractivity contribution >= 4 is 34.6 Å². The van der Waals surface area contributed by atoms with E-state index in [1.165, 1.54) is 18.2 Å². The van der Waals surface area contributed by atoms with Gasteiger partial charge in [-0.2, -0.15) is 0 Å². The Bertz CT molecular complexity index is 579. The van der Waals surface area contributed by atoms with Gasteiger partial charge in [-0.15, -0.1) is 0 Å². The number of methoxy groups -OCH3 is 1. The smallest absolute Gasteiger partial charge is 0.311 e. The summed E-state index contributed by atoms with van der Waals surface area (Å²) in [7, 11) is 1.37. The summed E-state index contributed by atoms with van der Waals surface area (Å²) in [5.74, 6) is -0.297. The Morgan fingerprint density at radius 2 is 1.79 bits per heavy atom. The first kappa shape index (κ1) is 13.5. The molecule has 0 saturated carbocycles. The third kappa shape index (κ3) is 3.12. The highest BCUT2D eigenvalue weighted by atomic mass is 32.1. The van der Waals surface area contributed by atoms with Gasteiger partial charge in [-0.05, 0) is 43.2 Å². The number of rotatable bonds is 2. The largest absolute Gasteiger partial charge is 0.469 e. The average Bonchev–Trinajstić information content (AvgIpc) is 2.48. The van der Waals surface area contributed by atoms with Crippen LogP contribution in [0.5, 0.6) is 0 Å². The van der Waals surface area contributed by atoms with Crippen LogP contribution in [0.25, 0.3) is 0 Å². The van der Waals surface area contributed by atoms with Crippen LogP contribution in [-0.2, 0) is 9.53 Å². The minimum Gasteiger partial charge on any atom is -0.469 e. The van der Waals surface area contributed by atoms with Crippen molar-refractivity contribution in [3.8, 4) is 0 Å². The van der Waals surface area contributed by atoms with E-state index in [1.54, 1.807) is 6.08 Å². The molecule has 0 fully saturated rings. The van der Waals surface area contributed by atoms with Gasteiger partial charge in [0.05, 0.1) is 24.9 Å². The van der Waals surface area contributed by atoms with Gasteiger partial charge in [-0.1, -0.05) is 12.2 Å². The normalized spacial score (nSPS) is 13.6. The quantitative estimate of drug-likeness (QED) is 0.642. The van der Waals surface area contributed by atoms with Gasteiger partial charge in [-0.25, -0.2) is 0 Å². The second kappa shape index (κ2) is 5.40. The van der Waals surface area contributed by atoms with E-state index in [0.29, 0.717) is 4.99 Å². The van der Waals surface area contributed by atoms with E-state index < -0.39 is 0 Å². The lowest BCUT2D eigenvalue weighted by Crippen LogP contribution is -2.08. The van der Waals surface area contributed by atoms with Crippen molar-refractivity contribution in [3.63, 3.8) is 0 Å². The second-order valence-corrected chi connectivity index (χ2v) is 4.96. The van der Waals surface area contributed by atoms with Crippen molar-refractivity contribution in [2.45, 2.75) is 20.3 Å². The molecule has 19 heavy (non-hydrogen) atoms. The van der Waals surface area contributed by atoms with Crippen LogP contribution in [-0.4, -0.2) is 18.1 Å². The summed E-state index contributed by atoms with van der Waals surface area (Å²) < 4.78 is 4.68. The Labute approximate surface area is 117 Å². The van der Waals surface area contributed by atoms with Crippen LogP contribution >= 0.6 is 12.2 Å². The number of carbonyl (C=O) groups is 1. The third-order valence-corrected chi connectivity index (χ3v) is 3.27. The Morgan fingerprint density at radius 3 is 2.37 bits per heavy atom. The number of ether oxygens (including phenoxy) is 1. The molecule has 0 spiro atoms. The van der Waals surface area contributed by atoms with E-state index in [9.17, 15) is 4.79 Å². The van der Waals surface area contributed by atoms with Crippen LogP contribution in [0.4, 0.5) is 11.4 Å². The SMILES string of the molecule is COC(=O)CC1=CC(=S)Nc2cc(C)c(C)cc2N1. The van der Waals surface area contributed by atoms with Crippen LogP contribution in [0.2, 0.25) is 0 Å². The maximum atomic E-state index is 11.4. The van der Waals surface area contributed by atoms with E-state index in [4.69, 9.17) is 12.2 Å². The summed E-state index contributed by atoms with van der Waals surface area (Å²) in [6.07, 6.45) is 1.92. The molecule has 0 radical (unpaired) electrons. The molecule has 2 rings (SSSR count). The van der Waals surface area contributed by atoms with Gasteiger partial charge in [0, 0.05) is 5.70 Å². The fourth-order valence-corrected chi connectivity index (χ4v) is 2.13. The predicted octanol–water partition coefficient (Wildman–Crippen LogP) is 2.92. The van der Waals surface area contributed by atoms with E-state index in [0.717, 1.165) is 17.1 Å². The van der Waals surface area contributed by atoms with E-state index >= 15 is 0 Å². The highest BCUT2D eigenvalue weighted by Gasteiger charge is 2.15. The van der Waals surface area contributed by atoms with Crippen molar-refractivity contribution in [2.75, 3.05) is 17.7 Å². The molecule has 4 nitrogen and oxygen atoms in total. The Kier molecular flexibility index (Phi) is 3.85. The number of thiocarbonyl (C=S) groups is 1. The molecule has 5 heteroatoms. The molecule has 2 N–H and O–H groups in total. The molecule has 1 aromatic rings. The van der Waals surface area contributed by atoms with E-state index in [2.05, 4.69) is 15.4 Å². The van der Waals surface area contributed by atoms with Gasteiger partial charge < -0.3 is 15.4 Å². The lowest BCUT2D eigenvalue weighted by Gasteiger charge is -2.13. The van der Waals surface area contributed by atoms with E-state index in [-0.39, 0.29) is 12.4 Å². The van der Waals surface area contributed by atoms with Gasteiger partial charge in [0.25, 0.3) is 0 Å². The predicted molar refractivity (Wildman–Crippen MR) is 80.5 cm³/mol. The Morgan fingerprint density at radius 1 is 1.21 bits per heavy atom. The maximum absolute atomic E-state index is 11.4. The number of hydrogen-bond donors (Lipinski definition) is 2. The number of hydrogen-bond acceptors (Lipinski definition) is 4. The fraction of sp³-hybridized carbons (Fsp3) is 0.286. The zero-order chi connectivity index (χ0) is 14.0. The zero-order valence-electron chi connectivity index (χ0n) is 11.2. The molecule has 0 aliphatic carbocycles. The minimum absolute atomic E-state index is 0.171. The van der Waals surface area contributed by atoms with Crippen molar-refractivity contribution in [1.29, 1.82) is 0 Å². The average molecular weight is 276 g/mol. The molecule has 0 unspecified atom stereocenters. The molecule has 1 aliphatic heterocycles. The van der Waals surface area contributed by atoms with Gasteiger partial charge in [0.1, 0.15) is 4.99 Å². The third-order valence-electron chi connectivity index (χ3n) is 3.05. The van der Waals surface area contributed by atoms with Crippen molar-refractivity contribution in [3.05, 3.63) is 35.0 Å².